The Labute approximate surface area is 237 Å². The summed E-state index contributed by atoms with van der Waals surface area (Å²) in [5.41, 5.74) is 4.74. The van der Waals surface area contributed by atoms with Crippen LogP contribution in [0.5, 0.6) is 0 Å². The van der Waals surface area contributed by atoms with Gasteiger partial charge >= 0.3 is 0 Å². The lowest BCUT2D eigenvalue weighted by atomic mass is 9.97. The maximum Gasteiger partial charge on any atom is 0.193 e. The molecule has 5 heteroatoms. The van der Waals surface area contributed by atoms with E-state index in [0.29, 0.717) is 22.3 Å². The molecule has 0 spiro atoms. The zero-order chi connectivity index (χ0) is 26.3. The van der Waals surface area contributed by atoms with Crippen molar-refractivity contribution in [3.8, 4) is 20.9 Å². The summed E-state index contributed by atoms with van der Waals surface area (Å²) in [6.07, 6.45) is 0. The molecule has 3 aromatic heterocycles. The van der Waals surface area contributed by atoms with E-state index in [1.54, 1.807) is 34.0 Å². The Balaban J connectivity index is 1.30. The molecule has 2 nitrogen and oxygen atoms in total. The lowest BCUT2D eigenvalue weighted by molar-refractivity contribution is 0.103. The number of thiophene rings is 3. The Bertz CT molecular complexity index is 1850. The van der Waals surface area contributed by atoms with Crippen molar-refractivity contribution in [3.05, 3.63) is 144 Å². The van der Waals surface area contributed by atoms with Crippen molar-refractivity contribution in [1.82, 2.24) is 0 Å². The Kier molecular flexibility index (Phi) is 6.05. The van der Waals surface area contributed by atoms with Gasteiger partial charge in [-0.05, 0) is 12.1 Å². The van der Waals surface area contributed by atoms with Crippen LogP contribution in [0.2, 0.25) is 0 Å². The lowest BCUT2D eigenvalue weighted by Crippen LogP contribution is -2.02. The number of fused-ring (bicyclic) bond motifs is 3. The van der Waals surface area contributed by atoms with E-state index < -0.39 is 0 Å². The van der Waals surface area contributed by atoms with Crippen LogP contribution in [0.25, 0.3) is 39.7 Å². The summed E-state index contributed by atoms with van der Waals surface area (Å²) in [5.74, 6) is 0.0670. The van der Waals surface area contributed by atoms with Gasteiger partial charge in [0.05, 0.1) is 9.40 Å². The smallest absolute Gasteiger partial charge is 0.193 e. The minimum absolute atomic E-state index is 0.0335. The molecule has 0 amide bonds. The molecule has 0 aliphatic rings. The first-order valence-electron chi connectivity index (χ1n) is 12.5. The Morgan fingerprint density at radius 1 is 0.436 bits per heavy atom. The quantitative estimate of drug-likeness (QED) is 0.191. The molecule has 0 saturated carbocycles. The fourth-order valence-electron chi connectivity index (χ4n) is 4.88. The van der Waals surface area contributed by atoms with Gasteiger partial charge in [0.15, 0.2) is 11.6 Å². The van der Waals surface area contributed by atoms with Crippen LogP contribution in [0, 0.1) is 0 Å². The largest absolute Gasteiger partial charge is 0.289 e. The minimum Gasteiger partial charge on any atom is -0.289 e. The summed E-state index contributed by atoms with van der Waals surface area (Å²) >= 11 is 5.23. The third-order valence-electron chi connectivity index (χ3n) is 6.77. The Morgan fingerprint density at radius 3 is 1.26 bits per heavy atom. The van der Waals surface area contributed by atoms with Crippen LogP contribution in [0.3, 0.4) is 0 Å². The van der Waals surface area contributed by atoms with Crippen molar-refractivity contribution in [3.63, 3.8) is 0 Å². The van der Waals surface area contributed by atoms with Crippen LogP contribution in [0.1, 0.15) is 31.8 Å². The highest BCUT2D eigenvalue weighted by Crippen LogP contribution is 2.48. The van der Waals surface area contributed by atoms with Crippen molar-refractivity contribution in [2.24, 2.45) is 0 Å². The highest BCUT2D eigenvalue weighted by Gasteiger charge is 2.21. The molecular weight excluding hydrogens is 537 g/mol. The predicted octanol–water partition coefficient (Wildman–Crippen LogP) is 9.97. The average molecular weight is 557 g/mol. The molecule has 7 aromatic rings. The van der Waals surface area contributed by atoms with E-state index in [9.17, 15) is 9.59 Å². The average Bonchev–Trinajstić information content (AvgIpc) is 3.68. The summed E-state index contributed by atoms with van der Waals surface area (Å²) in [4.78, 5) is 28.9. The lowest BCUT2D eigenvalue weighted by Gasteiger charge is -2.07. The van der Waals surface area contributed by atoms with Crippen molar-refractivity contribution in [2.75, 3.05) is 0 Å². The summed E-state index contributed by atoms with van der Waals surface area (Å²) in [6.45, 7) is 0. The number of ketones is 2. The number of carbonyl (C=O) groups excluding carboxylic acids is 2. The topological polar surface area (TPSA) is 34.1 Å². The molecule has 0 unspecified atom stereocenters. The zero-order valence-corrected chi connectivity index (χ0v) is 23.0. The van der Waals surface area contributed by atoms with Gasteiger partial charge in [-0.3, -0.25) is 9.59 Å². The molecule has 0 saturated heterocycles. The fraction of sp³-hybridized carbons (Fsp3) is 0. The van der Waals surface area contributed by atoms with Crippen molar-refractivity contribution in [2.45, 2.75) is 0 Å². The first-order chi connectivity index (χ1) is 19.2. The van der Waals surface area contributed by atoms with E-state index in [2.05, 4.69) is 12.1 Å². The van der Waals surface area contributed by atoms with Gasteiger partial charge in [-0.15, -0.1) is 34.0 Å². The molecule has 0 aliphatic carbocycles. The van der Waals surface area contributed by atoms with E-state index in [-0.39, 0.29) is 11.6 Å². The third kappa shape index (κ3) is 4.25. The van der Waals surface area contributed by atoms with E-state index in [1.807, 2.05) is 109 Å². The second-order valence-corrected chi connectivity index (χ2v) is 12.4. The number of hydrogen-bond acceptors (Lipinski definition) is 5. The highest BCUT2D eigenvalue weighted by atomic mass is 32.1. The van der Waals surface area contributed by atoms with Gasteiger partial charge in [-0.1, -0.05) is 109 Å². The van der Waals surface area contributed by atoms with E-state index >= 15 is 0 Å². The van der Waals surface area contributed by atoms with Gasteiger partial charge in [0.1, 0.15) is 0 Å². The first kappa shape index (κ1) is 23.9. The molecule has 7 rings (SSSR count). The summed E-state index contributed by atoms with van der Waals surface area (Å²) < 4.78 is 4.90. The van der Waals surface area contributed by atoms with E-state index in [4.69, 9.17) is 0 Å². The normalized spacial score (nSPS) is 11.3. The number of benzene rings is 4. The third-order valence-corrected chi connectivity index (χ3v) is 10.6. The second kappa shape index (κ2) is 9.86. The molecule has 0 aliphatic heterocycles. The van der Waals surface area contributed by atoms with Gasteiger partial charge in [-0.25, -0.2) is 0 Å². The van der Waals surface area contributed by atoms with Crippen LogP contribution in [0.15, 0.2) is 121 Å². The van der Waals surface area contributed by atoms with Crippen LogP contribution < -0.4 is 0 Å². The first-order valence-corrected chi connectivity index (χ1v) is 15.0. The van der Waals surface area contributed by atoms with Crippen LogP contribution >= 0.6 is 34.0 Å². The standard InChI is InChI=1S/C34H20O2S3/c35-31(21-11-3-1-4-12-21)25-17-9-7-15-23(25)27-19-29-33(38-27)34-30(37-29)20-28(39-34)24-16-8-10-18-26(24)32(36)22-13-5-2-6-14-22/h1-20H. The number of hydrogen-bond donors (Lipinski definition) is 0. The van der Waals surface area contributed by atoms with Crippen LogP contribution in [0.4, 0.5) is 0 Å². The molecule has 3 heterocycles. The maximum absolute atomic E-state index is 13.3. The molecule has 0 bridgehead atoms. The van der Waals surface area contributed by atoms with Crippen LogP contribution in [-0.2, 0) is 0 Å². The van der Waals surface area contributed by atoms with Gasteiger partial charge in [0.25, 0.3) is 0 Å². The van der Waals surface area contributed by atoms with Crippen molar-refractivity contribution >= 4 is 64.4 Å². The maximum atomic E-state index is 13.3. The molecule has 186 valence electrons. The summed E-state index contributed by atoms with van der Waals surface area (Å²) in [6, 6.07) is 39.0. The molecule has 39 heavy (non-hydrogen) atoms. The molecule has 0 radical (unpaired) electrons. The molecule has 0 atom stereocenters. The highest BCUT2D eigenvalue weighted by molar-refractivity contribution is 7.40. The van der Waals surface area contributed by atoms with E-state index in [0.717, 1.165) is 20.9 Å². The molecule has 4 aromatic carbocycles. The molecule has 0 fully saturated rings. The summed E-state index contributed by atoms with van der Waals surface area (Å²) in [5, 5.41) is 0. The molecular formula is C34H20O2S3. The zero-order valence-electron chi connectivity index (χ0n) is 20.6. The SMILES string of the molecule is O=C(c1ccccc1)c1ccccc1-c1cc2sc3cc(-c4ccccc4C(=O)c4ccccc4)sc3c2s1. The van der Waals surface area contributed by atoms with Gasteiger partial charge < -0.3 is 0 Å². The Morgan fingerprint density at radius 2 is 0.821 bits per heavy atom. The molecule has 0 N–H and O–H groups in total. The fourth-order valence-corrected chi connectivity index (χ4v) is 8.98. The summed E-state index contributed by atoms with van der Waals surface area (Å²) in [7, 11) is 0. The minimum atomic E-state index is 0.0335. The van der Waals surface area contributed by atoms with Gasteiger partial charge in [0.2, 0.25) is 0 Å². The van der Waals surface area contributed by atoms with Crippen molar-refractivity contribution in [1.29, 1.82) is 0 Å². The number of rotatable bonds is 6. The Hall–Kier alpha value is -4.16. The van der Waals surface area contributed by atoms with E-state index in [1.165, 1.54) is 18.8 Å². The van der Waals surface area contributed by atoms with Crippen LogP contribution in [-0.4, -0.2) is 11.6 Å². The number of carbonyl (C=O) groups is 2. The second-order valence-electron chi connectivity index (χ2n) is 9.19. The predicted molar refractivity (Wildman–Crippen MR) is 166 cm³/mol. The van der Waals surface area contributed by atoms with Gasteiger partial charge in [-0.2, -0.15) is 0 Å². The monoisotopic (exact) mass is 556 g/mol. The van der Waals surface area contributed by atoms with Gasteiger partial charge in [0, 0.05) is 52.5 Å². The van der Waals surface area contributed by atoms with Crippen molar-refractivity contribution < 1.29 is 9.59 Å².